The molecule has 0 atom stereocenters. The molecule has 3 aromatic carbocycles. The lowest BCUT2D eigenvalue weighted by atomic mass is 9.53. The van der Waals surface area contributed by atoms with Crippen LogP contribution in [0.3, 0.4) is 0 Å². The van der Waals surface area contributed by atoms with E-state index in [-0.39, 0.29) is 0 Å². The lowest BCUT2D eigenvalue weighted by Crippen LogP contribution is -2.33. The highest BCUT2D eigenvalue weighted by atomic mass is 14.3. The van der Waals surface area contributed by atoms with Gasteiger partial charge in [-0.05, 0) is 74.3 Å². The third kappa shape index (κ3) is 3.69. The molecule has 0 radical (unpaired) electrons. The van der Waals surface area contributed by atoms with E-state index in [2.05, 4.69) is 101 Å². The summed E-state index contributed by atoms with van der Waals surface area (Å²) in [7, 11) is 1.15. The van der Waals surface area contributed by atoms with Crippen molar-refractivity contribution in [3.8, 4) is 11.1 Å². The smallest absolute Gasteiger partial charge is 0.0839 e. The second kappa shape index (κ2) is 7.26. The van der Waals surface area contributed by atoms with E-state index < -0.39 is 0 Å². The number of benzene rings is 3. The second-order valence-corrected chi connectivity index (χ2v) is 11.2. The van der Waals surface area contributed by atoms with Crippen molar-refractivity contribution in [1.82, 2.24) is 0 Å². The normalized spacial score (nSPS) is 14.7. The van der Waals surface area contributed by atoms with Crippen LogP contribution in [-0.2, 0) is 12.8 Å². The highest BCUT2D eigenvalue weighted by Gasteiger charge is 2.32. The fraction of sp³-hybridized carbons (Fsp3) is 0.333. The van der Waals surface area contributed by atoms with Gasteiger partial charge in [0.25, 0.3) is 0 Å². The molecule has 2 aliphatic carbocycles. The summed E-state index contributed by atoms with van der Waals surface area (Å²) in [5.41, 5.74) is 13.7. The summed E-state index contributed by atoms with van der Waals surface area (Å²) in [6, 6.07) is 23.0. The maximum absolute atomic E-state index is 2.48. The van der Waals surface area contributed by atoms with E-state index in [1.165, 1.54) is 56.3 Å². The molecule has 5 rings (SSSR count). The van der Waals surface area contributed by atoms with E-state index in [0.29, 0.717) is 10.8 Å². The summed E-state index contributed by atoms with van der Waals surface area (Å²) in [5.74, 6) is 0. The van der Waals surface area contributed by atoms with Gasteiger partial charge in [-0.25, -0.2) is 0 Å². The Balaban J connectivity index is 1.43. The topological polar surface area (TPSA) is 0 Å². The van der Waals surface area contributed by atoms with Crippen molar-refractivity contribution >= 4 is 24.4 Å². The SMILES string of the molecule is CC(C)(C)C(C)(C)CBc1ccc2c(c1)-c1cc3c(cc1C2)CC(c1ccccc1)=C3. The van der Waals surface area contributed by atoms with Gasteiger partial charge in [-0.15, -0.1) is 0 Å². The average molecular weight is 404 g/mol. The molecular formula is C30H33B. The van der Waals surface area contributed by atoms with E-state index in [9.17, 15) is 0 Å². The molecule has 156 valence electrons. The lowest BCUT2D eigenvalue weighted by molar-refractivity contribution is 0.157. The highest BCUT2D eigenvalue weighted by molar-refractivity contribution is 6.53. The largest absolute Gasteiger partial charge is 0.158 e. The van der Waals surface area contributed by atoms with Gasteiger partial charge in [-0.1, -0.05) is 107 Å². The molecule has 0 heterocycles. The van der Waals surface area contributed by atoms with Crippen molar-refractivity contribution in [2.75, 3.05) is 0 Å². The fourth-order valence-corrected chi connectivity index (χ4v) is 4.90. The fourth-order valence-electron chi connectivity index (χ4n) is 4.90. The third-order valence-electron chi connectivity index (χ3n) is 8.13. The van der Waals surface area contributed by atoms with Crippen LogP contribution in [0.15, 0.2) is 60.7 Å². The van der Waals surface area contributed by atoms with Gasteiger partial charge >= 0.3 is 0 Å². The maximum Gasteiger partial charge on any atom is 0.158 e. The molecule has 3 aromatic rings. The quantitative estimate of drug-likeness (QED) is 0.324. The summed E-state index contributed by atoms with van der Waals surface area (Å²) < 4.78 is 0. The van der Waals surface area contributed by atoms with Crippen molar-refractivity contribution in [1.29, 1.82) is 0 Å². The van der Waals surface area contributed by atoms with Crippen LogP contribution >= 0.6 is 0 Å². The van der Waals surface area contributed by atoms with Crippen molar-refractivity contribution in [2.45, 2.75) is 53.8 Å². The predicted molar refractivity (Wildman–Crippen MR) is 138 cm³/mol. The lowest BCUT2D eigenvalue weighted by Gasteiger charge is -2.39. The van der Waals surface area contributed by atoms with E-state index in [1.807, 2.05) is 0 Å². The van der Waals surface area contributed by atoms with Gasteiger partial charge in [-0.3, -0.25) is 0 Å². The molecular weight excluding hydrogens is 371 g/mol. The molecule has 0 saturated carbocycles. The van der Waals surface area contributed by atoms with Crippen LogP contribution in [0.25, 0.3) is 22.8 Å². The van der Waals surface area contributed by atoms with Gasteiger partial charge < -0.3 is 0 Å². The molecule has 0 aromatic heterocycles. The second-order valence-electron chi connectivity index (χ2n) is 11.2. The van der Waals surface area contributed by atoms with Crippen LogP contribution in [0.5, 0.6) is 0 Å². The first-order valence-electron chi connectivity index (χ1n) is 11.8. The molecule has 0 aliphatic heterocycles. The Morgan fingerprint density at radius 3 is 2.23 bits per heavy atom. The monoisotopic (exact) mass is 404 g/mol. The summed E-state index contributed by atoms with van der Waals surface area (Å²) >= 11 is 0. The van der Waals surface area contributed by atoms with Crippen LogP contribution in [0, 0.1) is 10.8 Å². The maximum atomic E-state index is 2.48. The van der Waals surface area contributed by atoms with Gasteiger partial charge in [0.2, 0.25) is 0 Å². The minimum atomic E-state index is 0.319. The predicted octanol–water partition coefficient (Wildman–Crippen LogP) is 6.91. The number of fused-ring (bicyclic) bond motifs is 4. The molecule has 0 nitrogen and oxygen atoms in total. The molecule has 0 saturated heterocycles. The van der Waals surface area contributed by atoms with E-state index in [0.717, 1.165) is 20.1 Å². The number of hydrogen-bond donors (Lipinski definition) is 0. The Hall–Kier alpha value is -2.54. The van der Waals surface area contributed by atoms with Crippen LogP contribution in [-0.4, -0.2) is 7.28 Å². The molecule has 1 heteroatoms. The first-order valence-corrected chi connectivity index (χ1v) is 11.8. The molecule has 0 unspecified atom stereocenters. The van der Waals surface area contributed by atoms with E-state index in [1.54, 1.807) is 0 Å². The molecule has 31 heavy (non-hydrogen) atoms. The van der Waals surface area contributed by atoms with Gasteiger partial charge in [-0.2, -0.15) is 0 Å². The molecule has 0 amide bonds. The number of hydrogen-bond acceptors (Lipinski definition) is 0. The Labute approximate surface area is 188 Å². The van der Waals surface area contributed by atoms with Gasteiger partial charge in [0.1, 0.15) is 0 Å². The first-order chi connectivity index (χ1) is 14.7. The van der Waals surface area contributed by atoms with Crippen molar-refractivity contribution in [2.24, 2.45) is 10.8 Å². The summed E-state index contributed by atoms with van der Waals surface area (Å²) in [6.07, 6.45) is 5.75. The zero-order chi connectivity index (χ0) is 21.8. The van der Waals surface area contributed by atoms with Gasteiger partial charge in [0.05, 0.1) is 0 Å². The summed E-state index contributed by atoms with van der Waals surface area (Å²) in [5, 5.41) is 0. The molecule has 0 spiro atoms. The molecule has 0 fully saturated rings. The Morgan fingerprint density at radius 2 is 1.48 bits per heavy atom. The summed E-state index contributed by atoms with van der Waals surface area (Å²) in [4.78, 5) is 0. The zero-order valence-electron chi connectivity index (χ0n) is 19.7. The van der Waals surface area contributed by atoms with E-state index >= 15 is 0 Å². The standard InChI is InChI=1S/C30H33B/c1-29(2,3)30(4,5)19-31-26-12-11-21-13-25-16-23-14-22(20-9-7-6-8-10-20)15-24(23)17-27(25)28(21)18-26/h6-12,15-18,31H,13-14,19H2,1-5H3. The Kier molecular flexibility index (Phi) is 4.77. The average Bonchev–Trinajstić information content (AvgIpc) is 3.30. The molecule has 0 N–H and O–H groups in total. The van der Waals surface area contributed by atoms with Crippen molar-refractivity contribution < 1.29 is 0 Å². The highest BCUT2D eigenvalue weighted by Crippen LogP contribution is 2.43. The third-order valence-corrected chi connectivity index (χ3v) is 8.13. The molecule has 0 bridgehead atoms. The van der Waals surface area contributed by atoms with Gasteiger partial charge in [0, 0.05) is 0 Å². The number of rotatable bonds is 4. The number of allylic oxidation sites excluding steroid dienone is 1. The van der Waals surface area contributed by atoms with Crippen LogP contribution in [0.4, 0.5) is 0 Å². The van der Waals surface area contributed by atoms with Crippen LogP contribution in [0.1, 0.15) is 62.4 Å². The van der Waals surface area contributed by atoms with E-state index in [4.69, 9.17) is 0 Å². The first kappa shape index (κ1) is 20.4. The van der Waals surface area contributed by atoms with Crippen LogP contribution in [0.2, 0.25) is 6.32 Å². The zero-order valence-corrected chi connectivity index (χ0v) is 19.7. The minimum absolute atomic E-state index is 0.319. The van der Waals surface area contributed by atoms with Crippen molar-refractivity contribution in [3.63, 3.8) is 0 Å². The molecule has 2 aliphatic rings. The van der Waals surface area contributed by atoms with Gasteiger partial charge in [0.15, 0.2) is 7.28 Å². The van der Waals surface area contributed by atoms with Crippen LogP contribution < -0.4 is 5.46 Å². The van der Waals surface area contributed by atoms with Crippen molar-refractivity contribution in [3.05, 3.63) is 88.5 Å². The Morgan fingerprint density at radius 1 is 0.742 bits per heavy atom. The minimum Gasteiger partial charge on any atom is -0.0839 e. The summed E-state index contributed by atoms with van der Waals surface area (Å²) in [6.45, 7) is 11.9. The Bertz CT molecular complexity index is 1170.